The molecule has 5 N–H and O–H groups in total. The first kappa shape index (κ1) is 17.0. The lowest BCUT2D eigenvalue weighted by molar-refractivity contribution is 0.0686. The summed E-state index contributed by atoms with van der Waals surface area (Å²) in [6, 6.07) is 15.6. The third kappa shape index (κ3) is 3.08. The number of carbonyl (C=O) groups is 2. The smallest absolute Gasteiger partial charge is 0.335 e. The number of anilines is 1. The first-order chi connectivity index (χ1) is 12.4. The molecule has 0 spiro atoms. The number of hydrogen-bond donors (Lipinski definition) is 4. The van der Waals surface area contributed by atoms with Gasteiger partial charge in [0.1, 0.15) is 5.75 Å². The third-order valence-electron chi connectivity index (χ3n) is 4.09. The molecule has 3 rings (SSSR count). The number of phenols is 1. The summed E-state index contributed by atoms with van der Waals surface area (Å²) < 4.78 is 0. The van der Waals surface area contributed by atoms with Gasteiger partial charge in [0.05, 0.1) is 16.8 Å². The number of nitrogens with two attached hydrogens (primary N) is 1. The van der Waals surface area contributed by atoms with Crippen LogP contribution in [-0.4, -0.2) is 27.3 Å². The van der Waals surface area contributed by atoms with Crippen LogP contribution in [0.25, 0.3) is 22.3 Å². The second-order valence-corrected chi connectivity index (χ2v) is 5.69. The van der Waals surface area contributed by atoms with Crippen LogP contribution < -0.4 is 5.73 Å². The van der Waals surface area contributed by atoms with Crippen molar-refractivity contribution in [2.45, 2.75) is 0 Å². The fourth-order valence-corrected chi connectivity index (χ4v) is 2.73. The van der Waals surface area contributed by atoms with E-state index in [4.69, 9.17) is 15.9 Å². The average Bonchev–Trinajstić information content (AvgIpc) is 2.64. The van der Waals surface area contributed by atoms with E-state index in [1.807, 2.05) is 0 Å². The lowest BCUT2D eigenvalue weighted by Gasteiger charge is -2.15. The normalized spacial score (nSPS) is 10.5. The molecule has 130 valence electrons. The van der Waals surface area contributed by atoms with E-state index >= 15 is 0 Å². The summed E-state index contributed by atoms with van der Waals surface area (Å²) in [5.41, 5.74) is 9.13. The lowest BCUT2D eigenvalue weighted by atomic mass is 9.92. The minimum atomic E-state index is -1.04. The minimum Gasteiger partial charge on any atom is -0.506 e. The maximum Gasteiger partial charge on any atom is 0.335 e. The van der Waals surface area contributed by atoms with Crippen molar-refractivity contribution in [3.8, 4) is 28.0 Å². The number of carboxylic acid groups (broad SMARTS) is 2. The van der Waals surface area contributed by atoms with Gasteiger partial charge in [-0.25, -0.2) is 9.59 Å². The van der Waals surface area contributed by atoms with Gasteiger partial charge in [-0.1, -0.05) is 24.3 Å². The van der Waals surface area contributed by atoms with Gasteiger partial charge in [-0.2, -0.15) is 0 Å². The molecule has 0 amide bonds. The van der Waals surface area contributed by atoms with Crippen molar-refractivity contribution in [2.75, 3.05) is 5.73 Å². The van der Waals surface area contributed by atoms with E-state index in [2.05, 4.69) is 0 Å². The zero-order valence-corrected chi connectivity index (χ0v) is 13.5. The average molecular weight is 349 g/mol. The molecule has 3 aromatic rings. The summed E-state index contributed by atoms with van der Waals surface area (Å²) >= 11 is 0. The second kappa shape index (κ2) is 6.60. The maximum absolute atomic E-state index is 11.0. The van der Waals surface area contributed by atoms with Crippen LogP contribution in [0.15, 0.2) is 60.7 Å². The topological polar surface area (TPSA) is 121 Å². The molecular formula is C20H15NO5. The van der Waals surface area contributed by atoms with Gasteiger partial charge < -0.3 is 21.1 Å². The molecule has 0 aliphatic carbocycles. The van der Waals surface area contributed by atoms with Gasteiger partial charge in [0.15, 0.2) is 0 Å². The molecule has 0 atom stereocenters. The maximum atomic E-state index is 11.0. The summed E-state index contributed by atoms with van der Waals surface area (Å²) in [4.78, 5) is 22.1. The highest BCUT2D eigenvalue weighted by Crippen LogP contribution is 2.41. The Labute approximate surface area is 148 Å². The second-order valence-electron chi connectivity index (χ2n) is 5.69. The Bertz CT molecular complexity index is 992. The van der Waals surface area contributed by atoms with E-state index in [-0.39, 0.29) is 22.6 Å². The first-order valence-electron chi connectivity index (χ1n) is 7.67. The van der Waals surface area contributed by atoms with Crippen LogP contribution in [0.1, 0.15) is 20.7 Å². The molecule has 6 nitrogen and oxygen atoms in total. The van der Waals surface area contributed by atoms with Crippen molar-refractivity contribution in [1.82, 2.24) is 0 Å². The summed E-state index contributed by atoms with van der Waals surface area (Å²) in [7, 11) is 0. The van der Waals surface area contributed by atoms with Crippen LogP contribution in [-0.2, 0) is 0 Å². The molecule has 0 radical (unpaired) electrons. The zero-order valence-electron chi connectivity index (χ0n) is 13.5. The summed E-state index contributed by atoms with van der Waals surface area (Å²) in [6.07, 6.45) is 0. The van der Waals surface area contributed by atoms with E-state index in [0.717, 1.165) is 5.56 Å². The molecule has 3 aromatic carbocycles. The standard InChI is InChI=1S/C20H15NO5/c21-18-16(22)10-9-15(11-1-5-13(6-2-11)19(23)24)17(18)12-3-7-14(8-4-12)20(25)26/h1-10,22H,21H2,(H,23,24)(H,25,26). The molecule has 0 bridgehead atoms. The van der Waals surface area contributed by atoms with Gasteiger partial charge in [-0.15, -0.1) is 0 Å². The third-order valence-corrected chi connectivity index (χ3v) is 4.09. The van der Waals surface area contributed by atoms with Crippen LogP contribution in [0.3, 0.4) is 0 Å². The number of carboxylic acids is 2. The Morgan fingerprint density at radius 2 is 1.15 bits per heavy atom. The molecule has 26 heavy (non-hydrogen) atoms. The number of aromatic hydroxyl groups is 1. The van der Waals surface area contributed by atoms with Gasteiger partial charge in [0.25, 0.3) is 0 Å². The highest BCUT2D eigenvalue weighted by atomic mass is 16.4. The van der Waals surface area contributed by atoms with E-state index in [9.17, 15) is 14.7 Å². The van der Waals surface area contributed by atoms with Crippen LogP contribution >= 0.6 is 0 Å². The number of phenolic OH excluding ortho intramolecular Hbond substituents is 1. The molecule has 0 saturated carbocycles. The van der Waals surface area contributed by atoms with Crippen molar-refractivity contribution in [1.29, 1.82) is 0 Å². The van der Waals surface area contributed by atoms with Crippen molar-refractivity contribution < 1.29 is 24.9 Å². The predicted molar refractivity (Wildman–Crippen MR) is 97.3 cm³/mol. The van der Waals surface area contributed by atoms with E-state index in [0.29, 0.717) is 16.7 Å². The Morgan fingerprint density at radius 1 is 0.692 bits per heavy atom. The van der Waals surface area contributed by atoms with Gasteiger partial charge in [-0.05, 0) is 53.1 Å². The quantitative estimate of drug-likeness (QED) is 0.421. The molecular weight excluding hydrogens is 334 g/mol. The van der Waals surface area contributed by atoms with E-state index in [1.54, 1.807) is 30.3 Å². The Kier molecular flexibility index (Phi) is 4.33. The Balaban J connectivity index is 2.16. The molecule has 0 heterocycles. The van der Waals surface area contributed by atoms with Gasteiger partial charge in [-0.3, -0.25) is 0 Å². The van der Waals surface area contributed by atoms with Gasteiger partial charge in [0, 0.05) is 5.56 Å². The van der Waals surface area contributed by atoms with Gasteiger partial charge >= 0.3 is 11.9 Å². The number of nitrogen functional groups attached to an aromatic ring is 1. The first-order valence-corrected chi connectivity index (χ1v) is 7.67. The Morgan fingerprint density at radius 3 is 1.62 bits per heavy atom. The summed E-state index contributed by atoms with van der Waals surface area (Å²) in [6.45, 7) is 0. The van der Waals surface area contributed by atoms with E-state index in [1.165, 1.54) is 30.3 Å². The van der Waals surface area contributed by atoms with Gasteiger partial charge in [0.2, 0.25) is 0 Å². The molecule has 0 fully saturated rings. The zero-order chi connectivity index (χ0) is 18.8. The molecule has 0 aliphatic rings. The summed E-state index contributed by atoms with van der Waals surface area (Å²) in [5, 5.41) is 28.1. The molecule has 0 aromatic heterocycles. The number of rotatable bonds is 4. The Hall–Kier alpha value is -3.80. The number of benzene rings is 3. The fourth-order valence-electron chi connectivity index (χ4n) is 2.73. The largest absolute Gasteiger partial charge is 0.506 e. The van der Waals surface area contributed by atoms with E-state index < -0.39 is 11.9 Å². The van der Waals surface area contributed by atoms with Crippen LogP contribution in [0.2, 0.25) is 0 Å². The summed E-state index contributed by atoms with van der Waals surface area (Å²) in [5.74, 6) is -2.15. The number of hydrogen-bond acceptors (Lipinski definition) is 4. The van der Waals surface area contributed by atoms with Crippen LogP contribution in [0, 0.1) is 0 Å². The van der Waals surface area contributed by atoms with Crippen molar-refractivity contribution in [3.05, 3.63) is 71.8 Å². The predicted octanol–water partition coefficient (Wildman–Crippen LogP) is 3.70. The SMILES string of the molecule is Nc1c(O)ccc(-c2ccc(C(=O)O)cc2)c1-c1ccc(C(=O)O)cc1. The van der Waals surface area contributed by atoms with Crippen LogP contribution in [0.4, 0.5) is 5.69 Å². The highest BCUT2D eigenvalue weighted by molar-refractivity contribution is 5.95. The monoisotopic (exact) mass is 349 g/mol. The fraction of sp³-hybridized carbons (Fsp3) is 0. The molecule has 6 heteroatoms. The van der Waals surface area contributed by atoms with Crippen molar-refractivity contribution in [2.24, 2.45) is 0 Å². The molecule has 0 saturated heterocycles. The van der Waals surface area contributed by atoms with Crippen LogP contribution in [0.5, 0.6) is 5.75 Å². The lowest BCUT2D eigenvalue weighted by Crippen LogP contribution is -1.98. The number of aromatic carboxylic acids is 2. The highest BCUT2D eigenvalue weighted by Gasteiger charge is 2.15. The molecule has 0 unspecified atom stereocenters. The molecule has 0 aliphatic heterocycles. The minimum absolute atomic E-state index is 0.0896. The van der Waals surface area contributed by atoms with Crippen molar-refractivity contribution in [3.63, 3.8) is 0 Å². The van der Waals surface area contributed by atoms with Crippen molar-refractivity contribution >= 4 is 17.6 Å².